The lowest BCUT2D eigenvalue weighted by Gasteiger charge is -2.14. The van der Waals surface area contributed by atoms with Gasteiger partial charge in [0.25, 0.3) is 0 Å². The van der Waals surface area contributed by atoms with E-state index in [1.165, 1.54) is 6.92 Å². The van der Waals surface area contributed by atoms with Crippen LogP contribution >= 0.6 is 23.2 Å². The van der Waals surface area contributed by atoms with Gasteiger partial charge in [-0.25, -0.2) is 0 Å². The summed E-state index contributed by atoms with van der Waals surface area (Å²) in [5, 5.41) is 10.0. The van der Waals surface area contributed by atoms with Crippen molar-refractivity contribution in [2.45, 2.75) is 19.8 Å². The van der Waals surface area contributed by atoms with Crippen LogP contribution in [-0.4, -0.2) is 17.5 Å². The van der Waals surface area contributed by atoms with Gasteiger partial charge in [-0.3, -0.25) is 4.79 Å². The van der Waals surface area contributed by atoms with Gasteiger partial charge in [0.15, 0.2) is 0 Å². The van der Waals surface area contributed by atoms with Crippen molar-refractivity contribution < 1.29 is 9.90 Å². The monoisotopic (exact) mass is 260 g/mol. The van der Waals surface area contributed by atoms with E-state index in [1.807, 2.05) is 0 Å². The highest BCUT2D eigenvalue weighted by Crippen LogP contribution is 2.27. The summed E-state index contributed by atoms with van der Waals surface area (Å²) in [4.78, 5) is 11.4. The Labute approximate surface area is 105 Å². The van der Waals surface area contributed by atoms with Crippen LogP contribution in [0.15, 0.2) is 18.2 Å². The van der Waals surface area contributed by atoms with Gasteiger partial charge < -0.3 is 5.11 Å². The number of benzene rings is 1. The second-order valence-corrected chi connectivity index (χ2v) is 4.54. The van der Waals surface area contributed by atoms with Crippen molar-refractivity contribution in [3.63, 3.8) is 0 Å². The van der Waals surface area contributed by atoms with Gasteiger partial charge in [-0.05, 0) is 37.5 Å². The van der Waals surface area contributed by atoms with Crippen molar-refractivity contribution in [3.05, 3.63) is 33.8 Å². The summed E-state index contributed by atoms with van der Waals surface area (Å²) >= 11 is 12.0. The van der Waals surface area contributed by atoms with Gasteiger partial charge in [0.1, 0.15) is 5.78 Å². The SMILES string of the molecule is CC(=O)C(CCO)Cc1c(Cl)cccc1Cl. The normalized spacial score (nSPS) is 12.5. The van der Waals surface area contributed by atoms with Gasteiger partial charge in [-0.1, -0.05) is 29.3 Å². The third-order valence-electron chi connectivity index (χ3n) is 2.56. The molecule has 1 aromatic rings. The fourth-order valence-electron chi connectivity index (χ4n) is 1.58. The topological polar surface area (TPSA) is 37.3 Å². The predicted octanol–water partition coefficient (Wildman–Crippen LogP) is 3.12. The number of ketones is 1. The average Bonchev–Trinajstić information content (AvgIpc) is 2.21. The zero-order valence-corrected chi connectivity index (χ0v) is 10.6. The Bertz CT molecular complexity index is 357. The number of carbonyl (C=O) groups excluding carboxylic acids is 1. The Balaban J connectivity index is 2.89. The first-order chi connectivity index (χ1) is 7.56. The highest BCUT2D eigenvalue weighted by Gasteiger charge is 2.17. The Kier molecular flexibility index (Phi) is 5.26. The lowest BCUT2D eigenvalue weighted by Crippen LogP contribution is -2.16. The van der Waals surface area contributed by atoms with Crippen LogP contribution in [0.3, 0.4) is 0 Å². The summed E-state index contributed by atoms with van der Waals surface area (Å²) in [6.45, 7) is 1.51. The Morgan fingerprint density at radius 1 is 1.38 bits per heavy atom. The number of aliphatic hydroxyl groups is 1. The molecular weight excluding hydrogens is 247 g/mol. The van der Waals surface area contributed by atoms with Crippen LogP contribution in [0.4, 0.5) is 0 Å². The zero-order valence-electron chi connectivity index (χ0n) is 9.04. The van der Waals surface area contributed by atoms with Gasteiger partial charge >= 0.3 is 0 Å². The zero-order chi connectivity index (χ0) is 12.1. The highest BCUT2D eigenvalue weighted by molar-refractivity contribution is 6.36. The standard InChI is InChI=1S/C12H14Cl2O2/c1-8(16)9(5-6-15)7-10-11(13)3-2-4-12(10)14/h2-4,9,15H,5-7H2,1H3. The third kappa shape index (κ3) is 3.48. The molecule has 1 aromatic carbocycles. The van der Waals surface area contributed by atoms with Gasteiger partial charge in [0.05, 0.1) is 0 Å². The average molecular weight is 261 g/mol. The molecule has 0 bridgehead atoms. The number of hydrogen-bond donors (Lipinski definition) is 1. The summed E-state index contributed by atoms with van der Waals surface area (Å²) in [6.07, 6.45) is 0.922. The van der Waals surface area contributed by atoms with Crippen molar-refractivity contribution in [1.82, 2.24) is 0 Å². The van der Waals surface area contributed by atoms with E-state index in [4.69, 9.17) is 28.3 Å². The summed E-state index contributed by atoms with van der Waals surface area (Å²) in [6, 6.07) is 5.26. The van der Waals surface area contributed by atoms with Gasteiger partial charge in [0.2, 0.25) is 0 Å². The van der Waals surface area contributed by atoms with E-state index in [0.717, 1.165) is 5.56 Å². The van der Waals surface area contributed by atoms with E-state index in [-0.39, 0.29) is 18.3 Å². The molecule has 1 rings (SSSR count). The molecule has 0 saturated heterocycles. The molecule has 2 nitrogen and oxygen atoms in total. The highest BCUT2D eigenvalue weighted by atomic mass is 35.5. The minimum Gasteiger partial charge on any atom is -0.396 e. The lowest BCUT2D eigenvalue weighted by atomic mass is 9.93. The number of aliphatic hydroxyl groups excluding tert-OH is 1. The van der Waals surface area contributed by atoms with E-state index in [1.54, 1.807) is 18.2 Å². The molecule has 0 amide bonds. The molecule has 0 aliphatic rings. The van der Waals surface area contributed by atoms with Gasteiger partial charge in [0, 0.05) is 22.6 Å². The van der Waals surface area contributed by atoms with Crippen LogP contribution in [0, 0.1) is 5.92 Å². The number of Topliss-reactive ketones (excluding diaryl/α,β-unsaturated/α-hetero) is 1. The molecule has 0 radical (unpaired) electrons. The number of rotatable bonds is 5. The molecular formula is C12H14Cl2O2. The molecule has 0 fully saturated rings. The minimum atomic E-state index is -0.220. The quantitative estimate of drug-likeness (QED) is 0.884. The van der Waals surface area contributed by atoms with Crippen molar-refractivity contribution in [2.75, 3.05) is 6.61 Å². The van der Waals surface area contributed by atoms with Crippen molar-refractivity contribution in [2.24, 2.45) is 5.92 Å². The van der Waals surface area contributed by atoms with Crippen molar-refractivity contribution >= 4 is 29.0 Å². The molecule has 88 valence electrons. The summed E-state index contributed by atoms with van der Waals surface area (Å²) in [5.41, 5.74) is 0.777. The minimum absolute atomic E-state index is 0.00762. The largest absolute Gasteiger partial charge is 0.396 e. The van der Waals surface area contributed by atoms with E-state index < -0.39 is 0 Å². The van der Waals surface area contributed by atoms with Crippen LogP contribution in [0.1, 0.15) is 18.9 Å². The van der Waals surface area contributed by atoms with Crippen LogP contribution in [0.2, 0.25) is 10.0 Å². The van der Waals surface area contributed by atoms with Gasteiger partial charge in [-0.15, -0.1) is 0 Å². The first-order valence-electron chi connectivity index (χ1n) is 5.10. The predicted molar refractivity (Wildman–Crippen MR) is 66.0 cm³/mol. The van der Waals surface area contributed by atoms with E-state index in [9.17, 15) is 4.79 Å². The van der Waals surface area contributed by atoms with Crippen molar-refractivity contribution in [1.29, 1.82) is 0 Å². The lowest BCUT2D eigenvalue weighted by molar-refractivity contribution is -0.121. The molecule has 0 aliphatic heterocycles. The van der Waals surface area contributed by atoms with E-state index >= 15 is 0 Å². The molecule has 0 aromatic heterocycles. The summed E-state index contributed by atoms with van der Waals surface area (Å²) in [5.74, 6) is -0.174. The molecule has 1 N–H and O–H groups in total. The van der Waals surface area contributed by atoms with E-state index in [0.29, 0.717) is 22.9 Å². The molecule has 0 heterocycles. The second-order valence-electron chi connectivity index (χ2n) is 3.72. The van der Waals surface area contributed by atoms with E-state index in [2.05, 4.69) is 0 Å². The smallest absolute Gasteiger partial charge is 0.133 e. The molecule has 4 heteroatoms. The fraction of sp³-hybridized carbons (Fsp3) is 0.417. The Hall–Kier alpha value is -0.570. The Morgan fingerprint density at radius 3 is 2.38 bits per heavy atom. The second kappa shape index (κ2) is 6.24. The molecule has 16 heavy (non-hydrogen) atoms. The molecule has 1 unspecified atom stereocenters. The molecule has 0 saturated carbocycles. The third-order valence-corrected chi connectivity index (χ3v) is 3.27. The first-order valence-corrected chi connectivity index (χ1v) is 5.86. The molecule has 0 spiro atoms. The summed E-state index contributed by atoms with van der Waals surface area (Å²) in [7, 11) is 0. The maximum Gasteiger partial charge on any atom is 0.133 e. The van der Waals surface area contributed by atoms with Crippen LogP contribution in [0.5, 0.6) is 0 Å². The van der Waals surface area contributed by atoms with Gasteiger partial charge in [-0.2, -0.15) is 0 Å². The van der Waals surface area contributed by atoms with Crippen molar-refractivity contribution in [3.8, 4) is 0 Å². The Morgan fingerprint density at radius 2 is 1.94 bits per heavy atom. The number of halogens is 2. The maximum absolute atomic E-state index is 11.4. The fourth-order valence-corrected chi connectivity index (χ4v) is 2.13. The number of carbonyl (C=O) groups is 1. The van der Waals surface area contributed by atoms with Crippen LogP contribution < -0.4 is 0 Å². The number of hydrogen-bond acceptors (Lipinski definition) is 2. The molecule has 0 aliphatic carbocycles. The molecule has 1 atom stereocenters. The summed E-state index contributed by atoms with van der Waals surface area (Å²) < 4.78 is 0. The van der Waals surface area contributed by atoms with Crippen LogP contribution in [0.25, 0.3) is 0 Å². The van der Waals surface area contributed by atoms with Crippen LogP contribution in [-0.2, 0) is 11.2 Å². The maximum atomic E-state index is 11.4. The first kappa shape index (κ1) is 13.5.